The zero-order chi connectivity index (χ0) is 15.7. The van der Waals surface area contributed by atoms with Crippen LogP contribution in [0.1, 0.15) is 51.2 Å². The molecule has 114 valence electrons. The Morgan fingerprint density at radius 1 is 1.38 bits per heavy atom. The van der Waals surface area contributed by atoms with Crippen LogP contribution in [0.2, 0.25) is 0 Å². The van der Waals surface area contributed by atoms with Crippen LogP contribution < -0.4 is 10.1 Å². The summed E-state index contributed by atoms with van der Waals surface area (Å²) in [6.07, 6.45) is 2.65. The van der Waals surface area contributed by atoms with Crippen LogP contribution in [0.4, 0.5) is 0 Å². The van der Waals surface area contributed by atoms with E-state index in [1.807, 2.05) is 7.05 Å². The van der Waals surface area contributed by atoms with Crippen LogP contribution in [0.3, 0.4) is 0 Å². The fraction of sp³-hybridized carbons (Fsp3) is 0.611. The first-order valence-electron chi connectivity index (χ1n) is 7.68. The van der Waals surface area contributed by atoms with Crippen molar-refractivity contribution in [1.82, 2.24) is 5.32 Å². The highest BCUT2D eigenvalue weighted by atomic mass is 16.5. The van der Waals surface area contributed by atoms with Gasteiger partial charge in [-0.15, -0.1) is 0 Å². The van der Waals surface area contributed by atoms with E-state index in [0.717, 1.165) is 25.0 Å². The van der Waals surface area contributed by atoms with Crippen molar-refractivity contribution in [3.63, 3.8) is 0 Å². The summed E-state index contributed by atoms with van der Waals surface area (Å²) in [6, 6.07) is 8.82. The molecule has 2 unspecified atom stereocenters. The maximum atomic E-state index is 9.31. The molecule has 1 N–H and O–H groups in total. The summed E-state index contributed by atoms with van der Waals surface area (Å²) in [4.78, 5) is 0. The minimum Gasteiger partial charge on any atom is -0.490 e. The lowest BCUT2D eigenvalue weighted by atomic mass is 9.86. The van der Waals surface area contributed by atoms with Crippen molar-refractivity contribution in [2.75, 3.05) is 7.05 Å². The number of nitriles is 1. The van der Waals surface area contributed by atoms with Gasteiger partial charge in [0.15, 0.2) is 0 Å². The van der Waals surface area contributed by atoms with Gasteiger partial charge in [0.2, 0.25) is 0 Å². The van der Waals surface area contributed by atoms with Crippen molar-refractivity contribution >= 4 is 0 Å². The highest BCUT2D eigenvalue weighted by molar-refractivity contribution is 5.39. The maximum Gasteiger partial charge on any atom is 0.122 e. The third-order valence-corrected chi connectivity index (χ3v) is 4.50. The van der Waals surface area contributed by atoms with Crippen LogP contribution in [0.5, 0.6) is 5.75 Å². The minimum atomic E-state index is -0.413. The van der Waals surface area contributed by atoms with Gasteiger partial charge in [0.25, 0.3) is 0 Å². The average molecular weight is 286 g/mol. The predicted octanol–water partition coefficient (Wildman–Crippen LogP) is 3.71. The van der Waals surface area contributed by atoms with Crippen molar-refractivity contribution in [2.24, 2.45) is 0 Å². The molecule has 1 aliphatic rings. The van der Waals surface area contributed by atoms with Gasteiger partial charge in [-0.25, -0.2) is 0 Å². The summed E-state index contributed by atoms with van der Waals surface area (Å²) in [6.45, 7) is 8.74. The van der Waals surface area contributed by atoms with Gasteiger partial charge in [0.05, 0.1) is 6.07 Å². The fourth-order valence-corrected chi connectivity index (χ4v) is 2.91. The predicted molar refractivity (Wildman–Crippen MR) is 85.5 cm³/mol. The molecule has 0 amide bonds. The van der Waals surface area contributed by atoms with Gasteiger partial charge in [-0.3, -0.25) is 0 Å². The van der Waals surface area contributed by atoms with Crippen LogP contribution in [-0.2, 0) is 5.41 Å². The van der Waals surface area contributed by atoms with Crippen LogP contribution in [0, 0.1) is 18.3 Å². The van der Waals surface area contributed by atoms with E-state index < -0.39 is 5.54 Å². The van der Waals surface area contributed by atoms with E-state index >= 15 is 0 Å². The minimum absolute atomic E-state index is 0.122. The Hall–Kier alpha value is -1.53. The van der Waals surface area contributed by atoms with Gasteiger partial charge in [-0.05, 0) is 49.4 Å². The number of hydrogen-bond acceptors (Lipinski definition) is 3. The average Bonchev–Trinajstić information content (AvgIpc) is 2.84. The summed E-state index contributed by atoms with van der Waals surface area (Å²) in [7, 11) is 1.86. The first-order valence-corrected chi connectivity index (χ1v) is 7.68. The number of aryl methyl sites for hydroxylation is 1. The monoisotopic (exact) mass is 286 g/mol. The van der Waals surface area contributed by atoms with E-state index in [1.54, 1.807) is 0 Å². The standard InChI is InChI=1S/C18H26N2O/c1-13-10-14(17(2,3)4)6-7-16(13)21-15-8-9-18(11-15,12-19)20-5/h6-7,10,15,20H,8-9,11H2,1-5H3. The van der Waals surface area contributed by atoms with Crippen molar-refractivity contribution in [2.45, 2.75) is 64.0 Å². The van der Waals surface area contributed by atoms with Crippen LogP contribution in [-0.4, -0.2) is 18.7 Å². The second-order valence-electron chi connectivity index (χ2n) is 7.16. The smallest absolute Gasteiger partial charge is 0.122 e. The maximum absolute atomic E-state index is 9.31. The number of rotatable bonds is 3. The first kappa shape index (κ1) is 15.9. The normalized spacial score (nSPS) is 25.6. The number of nitrogens with one attached hydrogen (secondary N) is 1. The fourth-order valence-electron chi connectivity index (χ4n) is 2.91. The van der Waals surface area contributed by atoms with Crippen molar-refractivity contribution < 1.29 is 4.74 Å². The molecule has 2 rings (SSSR count). The van der Waals surface area contributed by atoms with Crippen molar-refractivity contribution in [3.8, 4) is 11.8 Å². The molecule has 1 aromatic carbocycles. The highest BCUT2D eigenvalue weighted by Crippen LogP contribution is 2.34. The molecular weight excluding hydrogens is 260 g/mol. The van der Waals surface area contributed by atoms with Crippen molar-refractivity contribution in [1.29, 1.82) is 5.26 Å². The van der Waals surface area contributed by atoms with Gasteiger partial charge >= 0.3 is 0 Å². The summed E-state index contributed by atoms with van der Waals surface area (Å²) in [5, 5.41) is 12.5. The quantitative estimate of drug-likeness (QED) is 0.921. The third-order valence-electron chi connectivity index (χ3n) is 4.50. The molecule has 0 heterocycles. The molecule has 0 saturated heterocycles. The molecule has 21 heavy (non-hydrogen) atoms. The highest BCUT2D eigenvalue weighted by Gasteiger charge is 2.39. The molecule has 3 heteroatoms. The molecule has 1 fully saturated rings. The summed E-state index contributed by atoms with van der Waals surface area (Å²) < 4.78 is 6.14. The molecule has 3 nitrogen and oxygen atoms in total. The lowest BCUT2D eigenvalue weighted by molar-refractivity contribution is 0.200. The van der Waals surface area contributed by atoms with Gasteiger partial charge in [0, 0.05) is 6.42 Å². The van der Waals surface area contributed by atoms with Crippen LogP contribution in [0.25, 0.3) is 0 Å². The van der Waals surface area contributed by atoms with Gasteiger partial charge in [0.1, 0.15) is 17.4 Å². The van der Waals surface area contributed by atoms with E-state index in [4.69, 9.17) is 4.74 Å². The first-order chi connectivity index (χ1) is 9.79. The number of nitrogens with zero attached hydrogens (tertiary/aromatic N) is 1. The lowest BCUT2D eigenvalue weighted by Gasteiger charge is -2.23. The van der Waals surface area contributed by atoms with E-state index in [2.05, 4.69) is 57.3 Å². The number of ether oxygens (including phenoxy) is 1. The number of benzene rings is 1. The number of hydrogen-bond donors (Lipinski definition) is 1. The Kier molecular flexibility index (Phi) is 4.30. The molecule has 1 aromatic rings. The van der Waals surface area contributed by atoms with E-state index in [9.17, 15) is 5.26 Å². The summed E-state index contributed by atoms with van der Waals surface area (Å²) in [5.41, 5.74) is 2.23. The van der Waals surface area contributed by atoms with Crippen LogP contribution >= 0.6 is 0 Å². The van der Waals surface area contributed by atoms with Crippen LogP contribution in [0.15, 0.2) is 18.2 Å². The molecule has 0 aromatic heterocycles. The molecule has 0 spiro atoms. The Balaban J connectivity index is 2.10. The van der Waals surface area contributed by atoms with E-state index in [0.29, 0.717) is 0 Å². The molecule has 0 aliphatic heterocycles. The van der Waals surface area contributed by atoms with Gasteiger partial charge in [-0.2, -0.15) is 5.26 Å². The van der Waals surface area contributed by atoms with Crippen molar-refractivity contribution in [3.05, 3.63) is 29.3 Å². The largest absolute Gasteiger partial charge is 0.490 e. The zero-order valence-corrected chi connectivity index (χ0v) is 13.8. The lowest BCUT2D eigenvalue weighted by Crippen LogP contribution is -2.39. The molecule has 1 aliphatic carbocycles. The molecule has 0 bridgehead atoms. The Bertz CT molecular complexity index is 553. The second kappa shape index (κ2) is 5.69. The van der Waals surface area contributed by atoms with Gasteiger partial charge < -0.3 is 10.1 Å². The molecule has 1 saturated carbocycles. The molecular formula is C18H26N2O. The Morgan fingerprint density at radius 2 is 2.10 bits per heavy atom. The Morgan fingerprint density at radius 3 is 2.57 bits per heavy atom. The second-order valence-corrected chi connectivity index (χ2v) is 7.16. The van der Waals surface area contributed by atoms with Gasteiger partial charge in [-0.1, -0.05) is 32.9 Å². The SMILES string of the molecule is CNC1(C#N)CCC(Oc2ccc(C(C)(C)C)cc2C)C1. The summed E-state index contributed by atoms with van der Waals surface area (Å²) >= 11 is 0. The zero-order valence-electron chi connectivity index (χ0n) is 13.8. The molecule has 0 radical (unpaired) electrons. The third kappa shape index (κ3) is 3.39. The molecule has 2 atom stereocenters. The Labute approximate surface area is 128 Å². The van der Waals surface area contributed by atoms with E-state index in [-0.39, 0.29) is 11.5 Å². The van der Waals surface area contributed by atoms with E-state index in [1.165, 1.54) is 11.1 Å². The summed E-state index contributed by atoms with van der Waals surface area (Å²) in [5.74, 6) is 0.942. The topological polar surface area (TPSA) is 45.0 Å².